The Bertz CT molecular complexity index is 560. The number of rotatable bonds is 4. The number of likely N-dealkylation sites (tertiary alicyclic amines) is 1. The Hall–Kier alpha value is -1.03. The first-order chi connectivity index (χ1) is 11.3. The molecular weight excluding hydrogens is 444 g/mol. The number of guanidine groups is 1. The second kappa shape index (κ2) is 9.61. The average molecular weight is 470 g/mol. The standard InChI is InChI=1S/C17H25F3N4.HI/c1-21-16(22-10-14-8-9-23(2)11-14)24(3)12-13-4-6-15(7-5-13)17(18,19)20;/h4-7,14H,8-12H2,1-3H3,(H,21,22);1H. The van der Waals surface area contributed by atoms with Crippen LogP contribution in [-0.4, -0.2) is 56.5 Å². The third-order valence-electron chi connectivity index (χ3n) is 4.31. The maximum absolute atomic E-state index is 12.6. The lowest BCUT2D eigenvalue weighted by atomic mass is 10.1. The number of hydrogen-bond donors (Lipinski definition) is 1. The van der Waals surface area contributed by atoms with Crippen molar-refractivity contribution in [1.82, 2.24) is 15.1 Å². The Labute approximate surface area is 164 Å². The third kappa shape index (κ3) is 6.65. The summed E-state index contributed by atoms with van der Waals surface area (Å²) in [7, 11) is 5.71. The number of aliphatic imine (C=N–C) groups is 1. The van der Waals surface area contributed by atoms with E-state index in [9.17, 15) is 13.2 Å². The third-order valence-corrected chi connectivity index (χ3v) is 4.31. The highest BCUT2D eigenvalue weighted by atomic mass is 127. The summed E-state index contributed by atoms with van der Waals surface area (Å²) in [5.74, 6) is 1.36. The van der Waals surface area contributed by atoms with Crippen LogP contribution in [0.15, 0.2) is 29.3 Å². The van der Waals surface area contributed by atoms with Gasteiger partial charge in [-0.2, -0.15) is 13.2 Å². The molecule has 142 valence electrons. The number of nitrogens with zero attached hydrogens (tertiary/aromatic N) is 3. The van der Waals surface area contributed by atoms with Crippen LogP contribution in [0.2, 0.25) is 0 Å². The van der Waals surface area contributed by atoms with Crippen molar-refractivity contribution in [2.45, 2.75) is 19.1 Å². The van der Waals surface area contributed by atoms with Crippen molar-refractivity contribution in [2.24, 2.45) is 10.9 Å². The van der Waals surface area contributed by atoms with Gasteiger partial charge in [0.15, 0.2) is 5.96 Å². The predicted octanol–water partition coefficient (Wildman–Crippen LogP) is 3.28. The highest BCUT2D eigenvalue weighted by Crippen LogP contribution is 2.29. The van der Waals surface area contributed by atoms with Crippen molar-refractivity contribution >= 4 is 29.9 Å². The Balaban J connectivity index is 0.00000312. The Morgan fingerprint density at radius 3 is 2.44 bits per heavy atom. The van der Waals surface area contributed by atoms with E-state index in [-0.39, 0.29) is 24.0 Å². The van der Waals surface area contributed by atoms with Crippen LogP contribution < -0.4 is 5.32 Å². The predicted molar refractivity (Wildman–Crippen MR) is 105 cm³/mol. The van der Waals surface area contributed by atoms with E-state index in [4.69, 9.17) is 0 Å². The zero-order valence-electron chi connectivity index (χ0n) is 14.8. The molecule has 1 unspecified atom stereocenters. The molecule has 4 nitrogen and oxygen atoms in total. The number of benzene rings is 1. The van der Waals surface area contributed by atoms with Crippen molar-refractivity contribution < 1.29 is 13.2 Å². The molecule has 0 spiro atoms. The molecule has 0 bridgehead atoms. The Morgan fingerprint density at radius 1 is 1.32 bits per heavy atom. The van der Waals surface area contributed by atoms with Crippen molar-refractivity contribution in [3.05, 3.63) is 35.4 Å². The van der Waals surface area contributed by atoms with Crippen molar-refractivity contribution in [2.75, 3.05) is 40.8 Å². The summed E-state index contributed by atoms with van der Waals surface area (Å²) < 4.78 is 37.8. The van der Waals surface area contributed by atoms with E-state index in [1.807, 2.05) is 11.9 Å². The summed E-state index contributed by atoms with van der Waals surface area (Å²) in [6.07, 6.45) is -3.13. The van der Waals surface area contributed by atoms with E-state index >= 15 is 0 Å². The molecule has 1 saturated heterocycles. The van der Waals surface area contributed by atoms with Gasteiger partial charge in [-0.15, -0.1) is 24.0 Å². The first-order valence-corrected chi connectivity index (χ1v) is 8.06. The molecule has 2 rings (SSSR count). The molecule has 0 aromatic heterocycles. The first kappa shape index (κ1) is 22.0. The van der Waals surface area contributed by atoms with Gasteiger partial charge in [-0.3, -0.25) is 4.99 Å². The fraction of sp³-hybridized carbons (Fsp3) is 0.588. The Kier molecular flexibility index (Phi) is 8.46. The molecule has 1 atom stereocenters. The topological polar surface area (TPSA) is 30.9 Å². The van der Waals surface area contributed by atoms with Gasteiger partial charge in [0.05, 0.1) is 5.56 Å². The molecule has 25 heavy (non-hydrogen) atoms. The zero-order valence-corrected chi connectivity index (χ0v) is 17.1. The van der Waals surface area contributed by atoms with Gasteiger partial charge >= 0.3 is 6.18 Å². The summed E-state index contributed by atoms with van der Waals surface area (Å²) in [4.78, 5) is 8.48. The van der Waals surface area contributed by atoms with Crippen LogP contribution in [0.25, 0.3) is 0 Å². The summed E-state index contributed by atoms with van der Waals surface area (Å²) in [5.41, 5.74) is 0.191. The maximum atomic E-state index is 12.6. The van der Waals surface area contributed by atoms with E-state index in [1.54, 1.807) is 7.05 Å². The van der Waals surface area contributed by atoms with Gasteiger partial charge in [0.2, 0.25) is 0 Å². The Morgan fingerprint density at radius 2 is 1.96 bits per heavy atom. The van der Waals surface area contributed by atoms with Gasteiger partial charge in [-0.25, -0.2) is 0 Å². The van der Waals surface area contributed by atoms with E-state index < -0.39 is 11.7 Å². The molecule has 1 heterocycles. The van der Waals surface area contributed by atoms with Gasteiger partial charge in [0, 0.05) is 33.7 Å². The minimum Gasteiger partial charge on any atom is -0.356 e. The van der Waals surface area contributed by atoms with Crippen molar-refractivity contribution in [3.63, 3.8) is 0 Å². The van der Waals surface area contributed by atoms with Crippen LogP contribution >= 0.6 is 24.0 Å². The average Bonchev–Trinajstić information content (AvgIpc) is 2.93. The first-order valence-electron chi connectivity index (χ1n) is 8.06. The van der Waals surface area contributed by atoms with E-state index in [2.05, 4.69) is 22.3 Å². The summed E-state index contributed by atoms with van der Waals surface area (Å²) in [5, 5.41) is 3.36. The molecule has 1 fully saturated rings. The molecule has 0 radical (unpaired) electrons. The van der Waals surface area contributed by atoms with Gasteiger partial charge in [0.25, 0.3) is 0 Å². The second-order valence-corrected chi connectivity index (χ2v) is 6.40. The summed E-state index contributed by atoms with van der Waals surface area (Å²) in [6, 6.07) is 5.26. The molecule has 1 aromatic carbocycles. The van der Waals surface area contributed by atoms with Crippen LogP contribution in [-0.2, 0) is 12.7 Å². The van der Waals surface area contributed by atoms with Crippen LogP contribution in [0, 0.1) is 5.92 Å². The molecule has 1 aliphatic heterocycles. The minimum atomic E-state index is -4.30. The van der Waals surface area contributed by atoms with Crippen LogP contribution in [0.4, 0.5) is 13.2 Å². The molecule has 1 aliphatic rings. The number of nitrogens with one attached hydrogen (secondary N) is 1. The molecule has 1 N–H and O–H groups in total. The van der Waals surface area contributed by atoms with E-state index in [1.165, 1.54) is 18.6 Å². The largest absolute Gasteiger partial charge is 0.416 e. The van der Waals surface area contributed by atoms with E-state index in [0.717, 1.165) is 43.3 Å². The van der Waals surface area contributed by atoms with Gasteiger partial charge < -0.3 is 15.1 Å². The summed E-state index contributed by atoms with van der Waals surface area (Å²) >= 11 is 0. The fourth-order valence-electron chi connectivity index (χ4n) is 2.96. The molecule has 8 heteroatoms. The van der Waals surface area contributed by atoms with Gasteiger partial charge in [-0.05, 0) is 43.6 Å². The van der Waals surface area contributed by atoms with E-state index in [0.29, 0.717) is 12.5 Å². The molecule has 0 aliphatic carbocycles. The smallest absolute Gasteiger partial charge is 0.356 e. The molecule has 0 saturated carbocycles. The number of halogens is 4. The van der Waals surface area contributed by atoms with Crippen LogP contribution in [0.3, 0.4) is 0 Å². The fourth-order valence-corrected chi connectivity index (χ4v) is 2.96. The number of hydrogen-bond acceptors (Lipinski definition) is 2. The molecular formula is C17H26F3IN4. The second-order valence-electron chi connectivity index (χ2n) is 6.40. The minimum absolute atomic E-state index is 0. The van der Waals surface area contributed by atoms with Gasteiger partial charge in [0.1, 0.15) is 0 Å². The lowest BCUT2D eigenvalue weighted by Gasteiger charge is -2.23. The SMILES string of the molecule is CN=C(NCC1CCN(C)C1)N(C)Cc1ccc(C(F)(F)F)cc1.I. The maximum Gasteiger partial charge on any atom is 0.416 e. The van der Waals surface area contributed by atoms with Crippen molar-refractivity contribution in [3.8, 4) is 0 Å². The normalized spacial score (nSPS) is 18.8. The van der Waals surface area contributed by atoms with Gasteiger partial charge in [-0.1, -0.05) is 12.1 Å². The van der Waals surface area contributed by atoms with Crippen LogP contribution in [0.1, 0.15) is 17.5 Å². The molecule has 0 amide bonds. The highest BCUT2D eigenvalue weighted by molar-refractivity contribution is 14.0. The quantitative estimate of drug-likeness (QED) is 0.417. The lowest BCUT2D eigenvalue weighted by molar-refractivity contribution is -0.137. The lowest BCUT2D eigenvalue weighted by Crippen LogP contribution is -2.41. The number of alkyl halides is 3. The summed E-state index contributed by atoms with van der Waals surface area (Å²) in [6.45, 7) is 3.55. The monoisotopic (exact) mass is 470 g/mol. The zero-order chi connectivity index (χ0) is 17.7. The van der Waals surface area contributed by atoms with Crippen molar-refractivity contribution in [1.29, 1.82) is 0 Å². The van der Waals surface area contributed by atoms with Crippen LogP contribution in [0.5, 0.6) is 0 Å². The highest BCUT2D eigenvalue weighted by Gasteiger charge is 2.30. The molecule has 1 aromatic rings.